The molecule has 1 aliphatic heterocycles. The molecule has 0 radical (unpaired) electrons. The lowest BCUT2D eigenvalue weighted by Gasteiger charge is -2.28. The minimum atomic E-state index is -1.09. The Morgan fingerprint density at radius 2 is 1.74 bits per heavy atom. The average molecular weight is 443 g/mol. The van der Waals surface area contributed by atoms with Crippen LogP contribution >= 0.6 is 11.8 Å². The Labute approximate surface area is 185 Å². The summed E-state index contributed by atoms with van der Waals surface area (Å²) in [4.78, 5) is 52.2. The fraction of sp³-hybridized carbons (Fsp3) is 0.478. The van der Waals surface area contributed by atoms with Crippen LogP contribution in [0.2, 0.25) is 0 Å². The number of nitrogens with zero attached hydrogens (tertiary/aromatic N) is 1. The van der Waals surface area contributed by atoms with Gasteiger partial charge in [0.25, 0.3) is 0 Å². The Morgan fingerprint density at radius 3 is 2.29 bits per heavy atom. The molecule has 6 unspecified atom stereocenters. The summed E-state index contributed by atoms with van der Waals surface area (Å²) < 4.78 is 0. The van der Waals surface area contributed by atoms with Crippen molar-refractivity contribution in [3.8, 4) is 0 Å². The van der Waals surface area contributed by atoms with Crippen molar-refractivity contribution < 1.29 is 24.3 Å². The van der Waals surface area contributed by atoms with Crippen LogP contribution in [0.15, 0.2) is 42.5 Å². The number of carboxylic acids is 1. The number of carbonyl (C=O) groups excluding carboxylic acids is 3. The number of allylic oxidation sites excluding steroid dienone is 2. The van der Waals surface area contributed by atoms with E-state index in [1.165, 1.54) is 16.7 Å². The molecule has 2 bridgehead atoms. The van der Waals surface area contributed by atoms with Crippen molar-refractivity contribution in [2.45, 2.75) is 31.3 Å². The van der Waals surface area contributed by atoms with Crippen LogP contribution in [0.1, 0.15) is 30.9 Å². The largest absolute Gasteiger partial charge is 0.480 e. The van der Waals surface area contributed by atoms with E-state index in [9.17, 15) is 24.3 Å². The van der Waals surface area contributed by atoms with E-state index in [2.05, 4.69) is 5.32 Å². The highest BCUT2D eigenvalue weighted by Crippen LogP contribution is 2.54. The Kier molecular flexibility index (Phi) is 6.18. The quantitative estimate of drug-likeness (QED) is 0.449. The van der Waals surface area contributed by atoms with Gasteiger partial charge in [0, 0.05) is 0 Å². The van der Waals surface area contributed by atoms with Gasteiger partial charge in [0.15, 0.2) is 0 Å². The van der Waals surface area contributed by atoms with Crippen molar-refractivity contribution in [2.75, 3.05) is 12.0 Å². The summed E-state index contributed by atoms with van der Waals surface area (Å²) in [5.41, 5.74) is 0.690. The number of imide groups is 1. The van der Waals surface area contributed by atoms with E-state index in [1.54, 1.807) is 24.3 Å². The molecule has 2 N–H and O–H groups in total. The molecule has 31 heavy (non-hydrogen) atoms. The molecule has 2 fully saturated rings. The first kappa shape index (κ1) is 21.6. The molecule has 0 spiro atoms. The molecular formula is C23H26N2O5S. The molecule has 3 aliphatic rings. The second-order valence-electron chi connectivity index (χ2n) is 8.42. The normalized spacial score (nSPS) is 28.0. The molecule has 2 aliphatic carbocycles. The Bertz CT molecular complexity index is 888. The van der Waals surface area contributed by atoms with Crippen molar-refractivity contribution in [3.63, 3.8) is 0 Å². The van der Waals surface area contributed by atoms with Crippen LogP contribution < -0.4 is 5.32 Å². The predicted molar refractivity (Wildman–Crippen MR) is 116 cm³/mol. The summed E-state index contributed by atoms with van der Waals surface area (Å²) in [5, 5.41) is 12.0. The molecule has 1 heterocycles. The highest BCUT2D eigenvalue weighted by atomic mass is 32.2. The SMILES string of the molecule is CSCCC(NC(=O)CC(c1ccccc1)N1C(=O)C2C3C=CC(C3)C2C1=O)C(=O)O. The molecule has 164 valence electrons. The molecule has 1 aromatic rings. The number of likely N-dealkylation sites (tertiary alicyclic amines) is 1. The van der Waals surface area contributed by atoms with Crippen LogP contribution in [0, 0.1) is 23.7 Å². The van der Waals surface area contributed by atoms with Gasteiger partial charge in [-0.15, -0.1) is 0 Å². The van der Waals surface area contributed by atoms with Crippen LogP contribution in [0.3, 0.4) is 0 Å². The summed E-state index contributed by atoms with van der Waals surface area (Å²) in [6, 6.07) is 7.27. The fourth-order valence-corrected chi connectivity index (χ4v) is 5.66. The number of hydrogen-bond acceptors (Lipinski definition) is 5. The molecule has 0 aromatic heterocycles. The monoisotopic (exact) mass is 442 g/mol. The van der Waals surface area contributed by atoms with E-state index in [0.29, 0.717) is 17.7 Å². The van der Waals surface area contributed by atoms with Gasteiger partial charge in [0.2, 0.25) is 17.7 Å². The van der Waals surface area contributed by atoms with Crippen LogP contribution in [-0.2, 0) is 19.2 Å². The highest BCUT2D eigenvalue weighted by molar-refractivity contribution is 7.98. The first-order valence-corrected chi connectivity index (χ1v) is 11.9. The van der Waals surface area contributed by atoms with Crippen molar-refractivity contribution in [3.05, 3.63) is 48.0 Å². The lowest BCUT2D eigenvalue weighted by molar-refractivity contribution is -0.146. The fourth-order valence-electron chi connectivity index (χ4n) is 5.19. The van der Waals surface area contributed by atoms with E-state index >= 15 is 0 Å². The number of carbonyl (C=O) groups is 4. The number of thioether (sulfide) groups is 1. The number of benzene rings is 1. The summed E-state index contributed by atoms with van der Waals surface area (Å²) in [5.74, 6) is -1.92. The molecule has 3 amide bonds. The minimum Gasteiger partial charge on any atom is -0.480 e. The number of aliphatic carboxylic acids is 1. The van der Waals surface area contributed by atoms with Gasteiger partial charge in [-0.1, -0.05) is 42.5 Å². The van der Waals surface area contributed by atoms with Crippen LogP contribution in [0.5, 0.6) is 0 Å². The Hall–Kier alpha value is -2.61. The van der Waals surface area contributed by atoms with Crippen molar-refractivity contribution in [2.24, 2.45) is 23.7 Å². The minimum absolute atomic E-state index is 0.0876. The third-order valence-corrected chi connectivity index (χ3v) is 7.27. The topological polar surface area (TPSA) is 104 Å². The maximum atomic E-state index is 13.3. The molecule has 7 nitrogen and oxygen atoms in total. The van der Waals surface area contributed by atoms with E-state index < -0.39 is 24.0 Å². The lowest BCUT2D eigenvalue weighted by atomic mass is 9.85. The highest BCUT2D eigenvalue weighted by Gasteiger charge is 2.60. The number of amides is 3. The van der Waals surface area contributed by atoms with Crippen LogP contribution in [0.4, 0.5) is 0 Å². The molecular weight excluding hydrogens is 416 g/mol. The van der Waals surface area contributed by atoms with E-state index in [-0.39, 0.29) is 41.9 Å². The Morgan fingerprint density at radius 1 is 1.13 bits per heavy atom. The number of fused-ring (bicyclic) bond motifs is 5. The zero-order valence-corrected chi connectivity index (χ0v) is 18.1. The third kappa shape index (κ3) is 4.01. The smallest absolute Gasteiger partial charge is 0.326 e. The zero-order chi connectivity index (χ0) is 22.1. The maximum absolute atomic E-state index is 13.3. The van der Waals surface area contributed by atoms with Crippen molar-refractivity contribution in [1.82, 2.24) is 10.2 Å². The Balaban J connectivity index is 1.56. The molecule has 1 saturated carbocycles. The predicted octanol–water partition coefficient (Wildman–Crippen LogP) is 2.25. The summed E-state index contributed by atoms with van der Waals surface area (Å²) in [7, 11) is 0. The van der Waals surface area contributed by atoms with E-state index in [0.717, 1.165) is 6.42 Å². The van der Waals surface area contributed by atoms with Gasteiger partial charge in [-0.25, -0.2) is 4.79 Å². The number of carboxylic acid groups (broad SMARTS) is 1. The molecule has 8 heteroatoms. The zero-order valence-electron chi connectivity index (χ0n) is 17.3. The van der Waals surface area contributed by atoms with Gasteiger partial charge in [-0.05, 0) is 42.2 Å². The third-order valence-electron chi connectivity index (χ3n) is 6.62. The summed E-state index contributed by atoms with van der Waals surface area (Å²) in [6.07, 6.45) is 6.93. The van der Waals surface area contributed by atoms with Crippen LogP contribution in [0.25, 0.3) is 0 Å². The summed E-state index contributed by atoms with van der Waals surface area (Å²) >= 11 is 1.50. The molecule has 1 saturated heterocycles. The summed E-state index contributed by atoms with van der Waals surface area (Å²) in [6.45, 7) is 0. The number of rotatable bonds is 9. The second kappa shape index (κ2) is 8.86. The van der Waals surface area contributed by atoms with Gasteiger partial charge >= 0.3 is 5.97 Å². The van der Waals surface area contributed by atoms with Gasteiger partial charge in [0.05, 0.1) is 24.3 Å². The first-order valence-electron chi connectivity index (χ1n) is 10.5. The van der Waals surface area contributed by atoms with Crippen molar-refractivity contribution >= 4 is 35.5 Å². The van der Waals surface area contributed by atoms with Crippen LogP contribution in [-0.4, -0.2) is 51.7 Å². The standard InChI is InChI=1S/C23H26N2O5S/c1-31-10-9-16(23(29)30)24-18(26)12-17(13-5-3-2-4-6-13)25-21(27)19-14-7-8-15(11-14)20(19)22(25)28/h2-8,14-17,19-20H,9-12H2,1H3,(H,24,26)(H,29,30). The average Bonchev–Trinajstić information content (AvgIpc) is 3.44. The number of hydrogen-bond donors (Lipinski definition) is 2. The maximum Gasteiger partial charge on any atom is 0.326 e. The van der Waals surface area contributed by atoms with Crippen molar-refractivity contribution in [1.29, 1.82) is 0 Å². The molecule has 1 aromatic carbocycles. The van der Waals surface area contributed by atoms with Gasteiger partial charge in [0.1, 0.15) is 6.04 Å². The van der Waals surface area contributed by atoms with Gasteiger partial charge < -0.3 is 10.4 Å². The lowest BCUT2D eigenvalue weighted by Crippen LogP contribution is -2.44. The number of nitrogens with one attached hydrogen (secondary N) is 1. The van der Waals surface area contributed by atoms with Gasteiger partial charge in [-0.2, -0.15) is 11.8 Å². The van der Waals surface area contributed by atoms with E-state index in [1.807, 2.05) is 24.5 Å². The molecule has 6 atom stereocenters. The van der Waals surface area contributed by atoms with E-state index in [4.69, 9.17) is 0 Å². The second-order valence-corrected chi connectivity index (χ2v) is 9.40. The van der Waals surface area contributed by atoms with Gasteiger partial charge in [-0.3, -0.25) is 19.3 Å². The first-order chi connectivity index (χ1) is 14.9. The molecule has 4 rings (SSSR count).